The molecule has 1 aromatic heterocycles. The van der Waals surface area contributed by atoms with Crippen molar-refractivity contribution in [3.63, 3.8) is 0 Å². The van der Waals surface area contributed by atoms with E-state index >= 15 is 0 Å². The lowest BCUT2D eigenvalue weighted by atomic mass is 9.90. The Balaban J connectivity index is 1.43. The Morgan fingerprint density at radius 2 is 2.12 bits per heavy atom. The third-order valence-electron chi connectivity index (χ3n) is 4.83. The van der Waals surface area contributed by atoms with Crippen LogP contribution in [0.3, 0.4) is 0 Å². The molecule has 0 radical (unpaired) electrons. The molecule has 2 aliphatic rings. The van der Waals surface area contributed by atoms with Gasteiger partial charge in [0.05, 0.1) is 18.2 Å². The topological polar surface area (TPSA) is 51.2 Å². The second-order valence-corrected chi connectivity index (χ2v) is 7.47. The van der Waals surface area contributed by atoms with Crippen molar-refractivity contribution in [2.24, 2.45) is 0 Å². The summed E-state index contributed by atoms with van der Waals surface area (Å²) in [6, 6.07) is 6.65. The average molecular weight is 342 g/mol. The molecule has 1 fully saturated rings. The summed E-state index contributed by atoms with van der Waals surface area (Å²) in [5.41, 5.74) is 5.02. The van der Waals surface area contributed by atoms with Gasteiger partial charge in [-0.15, -0.1) is 11.3 Å². The SMILES string of the molecule is O=C(C[C@H]1CCCO1)Nc1nc(-c2ccc3c(c2)CCCC3)cs1. The van der Waals surface area contributed by atoms with E-state index in [-0.39, 0.29) is 12.0 Å². The number of ether oxygens (including phenoxy) is 1. The highest BCUT2D eigenvalue weighted by molar-refractivity contribution is 7.14. The van der Waals surface area contributed by atoms with Crippen LogP contribution in [0.15, 0.2) is 23.6 Å². The minimum atomic E-state index is -0.00626. The Morgan fingerprint density at radius 3 is 2.96 bits per heavy atom. The van der Waals surface area contributed by atoms with E-state index in [1.165, 1.54) is 41.7 Å². The van der Waals surface area contributed by atoms with Gasteiger partial charge in [0.15, 0.2) is 5.13 Å². The van der Waals surface area contributed by atoms with Crippen molar-refractivity contribution in [3.8, 4) is 11.3 Å². The molecular formula is C19H22N2O2S. The number of carbonyl (C=O) groups is 1. The largest absolute Gasteiger partial charge is 0.378 e. The lowest BCUT2D eigenvalue weighted by Gasteiger charge is -2.16. The lowest BCUT2D eigenvalue weighted by molar-refractivity contribution is -0.118. The molecule has 0 bridgehead atoms. The number of aromatic nitrogens is 1. The van der Waals surface area contributed by atoms with Crippen LogP contribution in [0.4, 0.5) is 5.13 Å². The molecular weight excluding hydrogens is 320 g/mol. The number of hydrogen-bond donors (Lipinski definition) is 1. The van der Waals surface area contributed by atoms with Gasteiger partial charge in [0.25, 0.3) is 0 Å². The van der Waals surface area contributed by atoms with E-state index in [9.17, 15) is 4.79 Å². The highest BCUT2D eigenvalue weighted by Gasteiger charge is 2.20. The third kappa shape index (κ3) is 3.52. The normalized spacial score (nSPS) is 19.9. The zero-order valence-electron chi connectivity index (χ0n) is 13.7. The molecule has 1 atom stereocenters. The van der Waals surface area contributed by atoms with Crippen LogP contribution in [0.25, 0.3) is 11.3 Å². The summed E-state index contributed by atoms with van der Waals surface area (Å²) in [6.07, 6.45) is 7.46. The predicted molar refractivity (Wildman–Crippen MR) is 96.4 cm³/mol. The maximum atomic E-state index is 12.1. The fraction of sp³-hybridized carbons (Fsp3) is 0.474. The van der Waals surface area contributed by atoms with E-state index in [2.05, 4.69) is 28.5 Å². The molecule has 1 amide bonds. The van der Waals surface area contributed by atoms with Gasteiger partial charge in [0.2, 0.25) is 5.91 Å². The summed E-state index contributed by atoms with van der Waals surface area (Å²) in [5, 5.41) is 5.60. The first-order chi connectivity index (χ1) is 11.8. The van der Waals surface area contributed by atoms with Gasteiger partial charge in [-0.25, -0.2) is 4.98 Å². The first-order valence-electron chi connectivity index (χ1n) is 8.77. The standard InChI is InChI=1S/C19H22N2O2S/c22-18(11-16-6-3-9-23-16)21-19-20-17(12-24-19)15-8-7-13-4-1-2-5-14(13)10-15/h7-8,10,12,16H,1-6,9,11H2,(H,20,21,22)/t16-/m1/s1. The molecule has 2 heterocycles. The maximum absolute atomic E-state index is 12.1. The number of hydrogen-bond acceptors (Lipinski definition) is 4. The van der Waals surface area contributed by atoms with Crippen molar-refractivity contribution in [1.82, 2.24) is 4.98 Å². The zero-order valence-corrected chi connectivity index (χ0v) is 14.5. The molecule has 4 rings (SSSR count). The molecule has 0 unspecified atom stereocenters. The highest BCUT2D eigenvalue weighted by atomic mass is 32.1. The minimum absolute atomic E-state index is 0.00626. The van der Waals surface area contributed by atoms with Crippen LogP contribution in [0.5, 0.6) is 0 Å². The molecule has 1 aromatic carbocycles. The molecule has 2 aromatic rings. The monoisotopic (exact) mass is 342 g/mol. The van der Waals surface area contributed by atoms with Gasteiger partial charge in [-0.1, -0.05) is 12.1 Å². The first kappa shape index (κ1) is 15.8. The van der Waals surface area contributed by atoms with Crippen LogP contribution in [-0.4, -0.2) is 23.6 Å². The van der Waals surface area contributed by atoms with Crippen LogP contribution in [0, 0.1) is 0 Å². The van der Waals surface area contributed by atoms with Crippen LogP contribution >= 0.6 is 11.3 Å². The Morgan fingerprint density at radius 1 is 1.25 bits per heavy atom. The number of nitrogens with zero attached hydrogens (tertiary/aromatic N) is 1. The van der Waals surface area contributed by atoms with Gasteiger partial charge in [0.1, 0.15) is 0 Å². The number of thiazole rings is 1. The Kier molecular flexibility index (Phi) is 4.63. The van der Waals surface area contributed by atoms with Crippen molar-refractivity contribution >= 4 is 22.4 Å². The van der Waals surface area contributed by atoms with Crippen molar-refractivity contribution in [1.29, 1.82) is 0 Å². The van der Waals surface area contributed by atoms with Crippen LogP contribution in [-0.2, 0) is 22.4 Å². The van der Waals surface area contributed by atoms with Gasteiger partial charge in [-0.3, -0.25) is 4.79 Å². The minimum Gasteiger partial charge on any atom is -0.378 e. The van der Waals surface area contributed by atoms with Crippen LogP contribution < -0.4 is 5.32 Å². The summed E-state index contributed by atoms with van der Waals surface area (Å²) in [6.45, 7) is 0.775. The molecule has 1 saturated heterocycles. The van der Waals surface area contributed by atoms with E-state index in [0.29, 0.717) is 11.6 Å². The number of benzene rings is 1. The van der Waals surface area contributed by atoms with Gasteiger partial charge in [-0.05, 0) is 55.7 Å². The van der Waals surface area contributed by atoms with Crippen molar-refractivity contribution in [2.45, 2.75) is 51.0 Å². The summed E-state index contributed by atoms with van der Waals surface area (Å²) >= 11 is 1.48. The summed E-state index contributed by atoms with van der Waals surface area (Å²) in [4.78, 5) is 16.7. The molecule has 4 nitrogen and oxygen atoms in total. The fourth-order valence-corrected chi connectivity index (χ4v) is 4.27. The second-order valence-electron chi connectivity index (χ2n) is 6.62. The van der Waals surface area contributed by atoms with Gasteiger partial charge in [0, 0.05) is 17.6 Å². The Hall–Kier alpha value is -1.72. The zero-order chi connectivity index (χ0) is 16.4. The molecule has 0 saturated carbocycles. The highest BCUT2D eigenvalue weighted by Crippen LogP contribution is 2.29. The van der Waals surface area contributed by atoms with Crippen molar-refractivity contribution < 1.29 is 9.53 Å². The molecule has 24 heavy (non-hydrogen) atoms. The number of fused-ring (bicyclic) bond motifs is 1. The van der Waals surface area contributed by atoms with Gasteiger partial charge < -0.3 is 10.1 Å². The number of aryl methyl sites for hydroxylation is 2. The van der Waals surface area contributed by atoms with Gasteiger partial charge >= 0.3 is 0 Å². The maximum Gasteiger partial charge on any atom is 0.228 e. The summed E-state index contributed by atoms with van der Waals surface area (Å²) in [5.74, 6) is -0.00626. The number of amides is 1. The van der Waals surface area contributed by atoms with Crippen LogP contribution in [0.1, 0.15) is 43.2 Å². The van der Waals surface area contributed by atoms with E-state index in [1.807, 2.05) is 5.38 Å². The number of anilines is 1. The van der Waals surface area contributed by atoms with E-state index in [0.717, 1.165) is 37.1 Å². The van der Waals surface area contributed by atoms with Crippen LogP contribution in [0.2, 0.25) is 0 Å². The van der Waals surface area contributed by atoms with Crippen molar-refractivity contribution in [3.05, 3.63) is 34.7 Å². The summed E-state index contributed by atoms with van der Waals surface area (Å²) < 4.78 is 5.51. The fourth-order valence-electron chi connectivity index (χ4n) is 3.54. The smallest absolute Gasteiger partial charge is 0.228 e. The van der Waals surface area contributed by atoms with Gasteiger partial charge in [-0.2, -0.15) is 0 Å². The van der Waals surface area contributed by atoms with E-state index in [4.69, 9.17) is 4.74 Å². The average Bonchev–Trinajstić information content (AvgIpc) is 3.26. The number of carbonyl (C=O) groups excluding carboxylic acids is 1. The molecule has 5 heteroatoms. The second kappa shape index (κ2) is 7.03. The third-order valence-corrected chi connectivity index (χ3v) is 5.59. The lowest BCUT2D eigenvalue weighted by Crippen LogP contribution is -2.19. The molecule has 1 aliphatic carbocycles. The van der Waals surface area contributed by atoms with E-state index < -0.39 is 0 Å². The quantitative estimate of drug-likeness (QED) is 0.906. The Labute approximate surface area is 146 Å². The summed E-state index contributed by atoms with van der Waals surface area (Å²) in [7, 11) is 0. The number of rotatable bonds is 4. The molecule has 0 spiro atoms. The molecule has 1 aliphatic heterocycles. The molecule has 1 N–H and O–H groups in total. The first-order valence-corrected chi connectivity index (χ1v) is 9.65. The Bertz CT molecular complexity index is 735. The predicted octanol–water partition coefficient (Wildman–Crippen LogP) is 4.20. The molecule has 126 valence electrons. The van der Waals surface area contributed by atoms with E-state index in [1.54, 1.807) is 0 Å². The van der Waals surface area contributed by atoms with Crippen molar-refractivity contribution in [2.75, 3.05) is 11.9 Å². The number of nitrogens with one attached hydrogen (secondary N) is 1.